The predicted molar refractivity (Wildman–Crippen MR) is 76.3 cm³/mol. The first-order valence-corrected chi connectivity index (χ1v) is 8.35. The first-order chi connectivity index (χ1) is 9.58. The van der Waals surface area contributed by atoms with Crippen molar-refractivity contribution in [1.29, 1.82) is 0 Å². The van der Waals surface area contributed by atoms with Crippen LogP contribution in [-0.2, 0) is 14.8 Å². The van der Waals surface area contributed by atoms with Gasteiger partial charge in [0, 0.05) is 25.8 Å². The van der Waals surface area contributed by atoms with Gasteiger partial charge in [-0.1, -0.05) is 11.6 Å². The topological polar surface area (TPSA) is 71.5 Å². The highest BCUT2D eigenvalue weighted by Crippen LogP contribution is 2.12. The summed E-state index contributed by atoms with van der Waals surface area (Å²) in [5.41, 5.74) is 0. The molecule has 0 aliphatic carbocycles. The molecule has 0 spiro atoms. The quantitative estimate of drug-likeness (QED) is 0.618. The predicted octanol–water partition coefficient (Wildman–Crippen LogP) is 0.736. The molecule has 8 heteroatoms. The molecule has 0 radical (unpaired) electrons. The second kappa shape index (κ2) is 7.33. The van der Waals surface area contributed by atoms with E-state index in [2.05, 4.69) is 14.6 Å². The lowest BCUT2D eigenvalue weighted by molar-refractivity contribution is 0.0376. The first kappa shape index (κ1) is 15.7. The van der Waals surface area contributed by atoms with Crippen molar-refractivity contribution in [1.82, 2.24) is 14.6 Å². The largest absolute Gasteiger partial charge is 0.379 e. The Hall–Kier alpha value is -0.730. The molecule has 6 nitrogen and oxygen atoms in total. The van der Waals surface area contributed by atoms with Gasteiger partial charge in [-0.3, -0.25) is 4.90 Å². The number of hydrogen-bond donors (Lipinski definition) is 1. The summed E-state index contributed by atoms with van der Waals surface area (Å²) >= 11 is 5.69. The minimum Gasteiger partial charge on any atom is -0.379 e. The number of aromatic nitrogens is 1. The van der Waals surface area contributed by atoms with E-state index in [0.717, 1.165) is 39.3 Å². The molecule has 0 saturated carbocycles. The average molecular weight is 320 g/mol. The van der Waals surface area contributed by atoms with E-state index < -0.39 is 10.0 Å². The molecule has 1 saturated heterocycles. The Labute approximate surface area is 124 Å². The number of hydrogen-bond acceptors (Lipinski definition) is 5. The van der Waals surface area contributed by atoms with Crippen LogP contribution in [0.25, 0.3) is 0 Å². The Balaban J connectivity index is 1.78. The summed E-state index contributed by atoms with van der Waals surface area (Å²) in [6.07, 6.45) is 2.14. The molecule has 1 fully saturated rings. The van der Waals surface area contributed by atoms with E-state index in [1.54, 1.807) is 0 Å². The van der Waals surface area contributed by atoms with Gasteiger partial charge in [0.15, 0.2) is 0 Å². The molecule has 1 aromatic heterocycles. The fourth-order valence-corrected chi connectivity index (χ4v) is 3.29. The molecular weight excluding hydrogens is 302 g/mol. The number of halogens is 1. The fraction of sp³-hybridized carbons (Fsp3) is 0.583. The number of rotatable bonds is 6. The lowest BCUT2D eigenvalue weighted by atomic mass is 10.3. The Morgan fingerprint density at radius 1 is 1.40 bits per heavy atom. The molecule has 20 heavy (non-hydrogen) atoms. The van der Waals surface area contributed by atoms with Gasteiger partial charge in [0.1, 0.15) is 5.15 Å². The molecule has 1 N–H and O–H groups in total. The zero-order valence-corrected chi connectivity index (χ0v) is 12.7. The van der Waals surface area contributed by atoms with Crippen LogP contribution in [-0.4, -0.2) is 57.7 Å². The third-order valence-electron chi connectivity index (χ3n) is 3.06. The van der Waals surface area contributed by atoms with Gasteiger partial charge in [-0.2, -0.15) is 0 Å². The molecule has 0 unspecified atom stereocenters. The SMILES string of the molecule is O=S(=O)(NCCCN1CCOCC1)c1ccnc(Cl)c1. The highest BCUT2D eigenvalue weighted by molar-refractivity contribution is 7.89. The van der Waals surface area contributed by atoms with Gasteiger partial charge in [0.2, 0.25) is 10.0 Å². The molecule has 112 valence electrons. The Kier molecular flexibility index (Phi) is 5.74. The molecule has 1 aliphatic heterocycles. The van der Waals surface area contributed by atoms with Gasteiger partial charge < -0.3 is 4.74 Å². The summed E-state index contributed by atoms with van der Waals surface area (Å²) in [4.78, 5) is 6.17. The highest BCUT2D eigenvalue weighted by Gasteiger charge is 2.14. The average Bonchev–Trinajstić information content (AvgIpc) is 2.45. The number of nitrogens with one attached hydrogen (secondary N) is 1. The fourth-order valence-electron chi connectivity index (χ4n) is 1.97. The first-order valence-electron chi connectivity index (χ1n) is 6.49. The molecule has 0 atom stereocenters. The van der Waals surface area contributed by atoms with Crippen molar-refractivity contribution in [2.45, 2.75) is 11.3 Å². The van der Waals surface area contributed by atoms with Crippen molar-refractivity contribution < 1.29 is 13.2 Å². The van der Waals surface area contributed by atoms with E-state index in [4.69, 9.17) is 16.3 Å². The lowest BCUT2D eigenvalue weighted by Crippen LogP contribution is -2.38. The van der Waals surface area contributed by atoms with E-state index >= 15 is 0 Å². The van der Waals surface area contributed by atoms with E-state index in [9.17, 15) is 8.42 Å². The summed E-state index contributed by atoms with van der Waals surface area (Å²) in [6.45, 7) is 4.59. The van der Waals surface area contributed by atoms with E-state index in [1.807, 2.05) is 0 Å². The number of morpholine rings is 1. The molecular formula is C12H18ClN3O3S. The molecule has 1 aliphatic rings. The van der Waals surface area contributed by atoms with Crippen LogP contribution in [0.15, 0.2) is 23.2 Å². The summed E-state index contributed by atoms with van der Waals surface area (Å²) in [7, 11) is -3.50. The third-order valence-corrected chi connectivity index (χ3v) is 4.72. The second-order valence-corrected chi connectivity index (χ2v) is 6.67. The highest BCUT2D eigenvalue weighted by atomic mass is 35.5. The van der Waals surface area contributed by atoms with Gasteiger partial charge in [-0.25, -0.2) is 18.1 Å². The number of pyridine rings is 1. The van der Waals surface area contributed by atoms with Crippen LogP contribution in [0.2, 0.25) is 5.15 Å². The monoisotopic (exact) mass is 319 g/mol. The molecule has 0 amide bonds. The Bertz CT molecular complexity index is 533. The normalized spacial score (nSPS) is 17.2. The van der Waals surface area contributed by atoms with Crippen LogP contribution in [0, 0.1) is 0 Å². The maximum atomic E-state index is 12.0. The van der Waals surface area contributed by atoms with E-state index in [1.165, 1.54) is 18.3 Å². The number of ether oxygens (including phenoxy) is 1. The van der Waals surface area contributed by atoms with Crippen LogP contribution >= 0.6 is 11.6 Å². The molecule has 0 aromatic carbocycles. The summed E-state index contributed by atoms with van der Waals surface area (Å²) in [5, 5.41) is 0.168. The van der Waals surface area contributed by atoms with Crippen molar-refractivity contribution in [2.75, 3.05) is 39.4 Å². The second-order valence-electron chi connectivity index (χ2n) is 4.52. The van der Waals surface area contributed by atoms with Gasteiger partial charge in [0.25, 0.3) is 0 Å². The van der Waals surface area contributed by atoms with Crippen LogP contribution in [0.4, 0.5) is 0 Å². The van der Waals surface area contributed by atoms with Gasteiger partial charge in [-0.05, 0) is 25.1 Å². The maximum Gasteiger partial charge on any atom is 0.240 e. The zero-order valence-electron chi connectivity index (χ0n) is 11.1. The van der Waals surface area contributed by atoms with Crippen LogP contribution < -0.4 is 4.72 Å². The van der Waals surface area contributed by atoms with Crippen molar-refractivity contribution in [3.63, 3.8) is 0 Å². The maximum absolute atomic E-state index is 12.0. The van der Waals surface area contributed by atoms with Crippen LogP contribution in [0.5, 0.6) is 0 Å². The van der Waals surface area contributed by atoms with E-state index in [0.29, 0.717) is 6.54 Å². The lowest BCUT2D eigenvalue weighted by Gasteiger charge is -2.26. The summed E-state index contributed by atoms with van der Waals surface area (Å²) in [5.74, 6) is 0. The molecule has 2 rings (SSSR count). The van der Waals surface area contributed by atoms with Crippen LogP contribution in [0.1, 0.15) is 6.42 Å². The van der Waals surface area contributed by atoms with Crippen molar-refractivity contribution in [2.24, 2.45) is 0 Å². The minimum absolute atomic E-state index is 0.142. The van der Waals surface area contributed by atoms with Crippen molar-refractivity contribution in [3.05, 3.63) is 23.5 Å². The van der Waals surface area contributed by atoms with Gasteiger partial charge in [-0.15, -0.1) is 0 Å². The molecule has 2 heterocycles. The zero-order chi connectivity index (χ0) is 14.4. The summed E-state index contributed by atoms with van der Waals surface area (Å²) < 4.78 is 31.8. The smallest absolute Gasteiger partial charge is 0.240 e. The third kappa shape index (κ3) is 4.68. The van der Waals surface area contributed by atoms with Gasteiger partial charge in [0.05, 0.1) is 18.1 Å². The Morgan fingerprint density at radius 2 is 2.15 bits per heavy atom. The van der Waals surface area contributed by atoms with Crippen molar-refractivity contribution >= 4 is 21.6 Å². The Morgan fingerprint density at radius 3 is 2.85 bits per heavy atom. The summed E-state index contributed by atoms with van der Waals surface area (Å²) in [6, 6.07) is 2.77. The molecule has 1 aromatic rings. The van der Waals surface area contributed by atoms with Crippen LogP contribution in [0.3, 0.4) is 0 Å². The number of sulfonamides is 1. The molecule has 0 bridgehead atoms. The standard InChI is InChI=1S/C12H18ClN3O3S/c13-12-10-11(2-4-14-12)20(17,18)15-3-1-5-16-6-8-19-9-7-16/h2,4,10,15H,1,3,5-9H2. The van der Waals surface area contributed by atoms with E-state index in [-0.39, 0.29) is 10.0 Å². The minimum atomic E-state index is -3.50. The van der Waals surface area contributed by atoms with Gasteiger partial charge >= 0.3 is 0 Å². The number of nitrogens with zero attached hydrogens (tertiary/aromatic N) is 2. The van der Waals surface area contributed by atoms with Crippen molar-refractivity contribution in [3.8, 4) is 0 Å².